The predicted molar refractivity (Wildman–Crippen MR) is 135 cm³/mol. The second-order valence-electron chi connectivity index (χ2n) is 8.99. The summed E-state index contributed by atoms with van der Waals surface area (Å²) in [5.74, 6) is 1.50. The molecule has 3 aromatic rings. The van der Waals surface area contributed by atoms with Gasteiger partial charge in [0.2, 0.25) is 0 Å². The molecule has 0 spiro atoms. The van der Waals surface area contributed by atoms with E-state index in [0.29, 0.717) is 35.2 Å². The number of likely N-dealkylation sites (tertiary alicyclic amines) is 1. The number of piperidine rings is 1. The standard InChI is InChI=1S/C26H31Cl2N3O3/c1-20-16-29-31(17-20)11-2-14-33-22-5-3-21(4-6-22)18-30-12-9-26(32,10-13-30)19-34-23-7-8-24(27)25(28)15-23/h3-8,15-17,32H,2,9-14,18-19H2,1H3. The van der Waals surface area contributed by atoms with Crippen molar-refractivity contribution in [2.24, 2.45) is 0 Å². The lowest BCUT2D eigenvalue weighted by Crippen LogP contribution is -2.47. The van der Waals surface area contributed by atoms with Crippen molar-refractivity contribution in [1.82, 2.24) is 14.7 Å². The lowest BCUT2D eigenvalue weighted by atomic mass is 9.92. The summed E-state index contributed by atoms with van der Waals surface area (Å²) < 4.78 is 13.6. The molecule has 2 aromatic carbocycles. The fourth-order valence-electron chi connectivity index (χ4n) is 4.01. The van der Waals surface area contributed by atoms with Crippen molar-refractivity contribution in [3.05, 3.63) is 76.0 Å². The van der Waals surface area contributed by atoms with Crippen LogP contribution in [0.15, 0.2) is 54.9 Å². The quantitative estimate of drug-likeness (QED) is 0.376. The summed E-state index contributed by atoms with van der Waals surface area (Å²) in [5, 5.41) is 16.1. The number of nitrogens with zero attached hydrogens (tertiary/aromatic N) is 3. The molecule has 0 saturated carbocycles. The first-order valence-electron chi connectivity index (χ1n) is 11.6. The Morgan fingerprint density at radius 1 is 1.00 bits per heavy atom. The molecule has 0 amide bonds. The highest BCUT2D eigenvalue weighted by Crippen LogP contribution is 2.29. The molecule has 0 atom stereocenters. The zero-order chi connectivity index (χ0) is 24.0. The molecule has 1 fully saturated rings. The first kappa shape index (κ1) is 24.9. The van der Waals surface area contributed by atoms with Gasteiger partial charge in [-0.3, -0.25) is 9.58 Å². The maximum absolute atomic E-state index is 10.9. The molecular weight excluding hydrogens is 473 g/mol. The molecule has 8 heteroatoms. The Kier molecular flexibility index (Phi) is 8.37. The minimum atomic E-state index is -0.838. The number of benzene rings is 2. The normalized spacial score (nSPS) is 15.9. The number of aromatic nitrogens is 2. The van der Waals surface area contributed by atoms with Gasteiger partial charge in [0.05, 0.1) is 22.8 Å². The topological polar surface area (TPSA) is 59.8 Å². The molecular formula is C26H31Cl2N3O3. The van der Waals surface area contributed by atoms with Crippen LogP contribution in [0, 0.1) is 6.92 Å². The van der Waals surface area contributed by atoms with Crippen LogP contribution in [-0.2, 0) is 13.1 Å². The number of halogens is 2. The van der Waals surface area contributed by atoms with Crippen molar-refractivity contribution in [1.29, 1.82) is 0 Å². The molecule has 0 aliphatic carbocycles. The second-order valence-corrected chi connectivity index (χ2v) is 9.81. The molecule has 0 unspecified atom stereocenters. The van der Waals surface area contributed by atoms with Gasteiger partial charge in [-0.15, -0.1) is 0 Å². The summed E-state index contributed by atoms with van der Waals surface area (Å²) in [7, 11) is 0. The number of aliphatic hydroxyl groups is 1. The predicted octanol–water partition coefficient (Wildman–Crippen LogP) is 5.37. The maximum Gasteiger partial charge on any atom is 0.121 e. The van der Waals surface area contributed by atoms with E-state index in [4.69, 9.17) is 32.7 Å². The van der Waals surface area contributed by atoms with Crippen LogP contribution >= 0.6 is 23.2 Å². The lowest BCUT2D eigenvalue weighted by molar-refractivity contribution is -0.0537. The third-order valence-electron chi connectivity index (χ3n) is 6.08. The van der Waals surface area contributed by atoms with E-state index >= 15 is 0 Å². The molecule has 1 aliphatic rings. The van der Waals surface area contributed by atoms with Gasteiger partial charge in [0.15, 0.2) is 0 Å². The summed E-state index contributed by atoms with van der Waals surface area (Å²) in [4.78, 5) is 2.36. The van der Waals surface area contributed by atoms with E-state index in [2.05, 4.69) is 22.1 Å². The number of hydrogen-bond acceptors (Lipinski definition) is 5. The number of aryl methyl sites for hydroxylation is 2. The monoisotopic (exact) mass is 503 g/mol. The van der Waals surface area contributed by atoms with E-state index in [-0.39, 0.29) is 6.61 Å². The third kappa shape index (κ3) is 7.12. The van der Waals surface area contributed by atoms with Gasteiger partial charge in [0.1, 0.15) is 23.7 Å². The molecule has 182 valence electrons. The van der Waals surface area contributed by atoms with Crippen molar-refractivity contribution < 1.29 is 14.6 Å². The van der Waals surface area contributed by atoms with E-state index in [1.807, 2.05) is 36.1 Å². The molecule has 4 rings (SSSR count). The minimum Gasteiger partial charge on any atom is -0.494 e. The van der Waals surface area contributed by atoms with Gasteiger partial charge in [-0.25, -0.2) is 0 Å². The SMILES string of the molecule is Cc1cnn(CCCOc2ccc(CN3CCC(O)(COc4ccc(Cl)c(Cl)c4)CC3)cc2)c1. The average Bonchev–Trinajstić information content (AvgIpc) is 3.25. The average molecular weight is 504 g/mol. The van der Waals surface area contributed by atoms with Crippen LogP contribution in [0.4, 0.5) is 0 Å². The van der Waals surface area contributed by atoms with E-state index in [1.54, 1.807) is 18.2 Å². The largest absolute Gasteiger partial charge is 0.494 e. The van der Waals surface area contributed by atoms with E-state index in [1.165, 1.54) is 11.1 Å². The van der Waals surface area contributed by atoms with Crippen molar-refractivity contribution in [3.63, 3.8) is 0 Å². The second kappa shape index (κ2) is 11.5. The van der Waals surface area contributed by atoms with Crippen LogP contribution < -0.4 is 9.47 Å². The highest BCUT2D eigenvalue weighted by Gasteiger charge is 2.33. The summed E-state index contributed by atoms with van der Waals surface area (Å²) >= 11 is 12.0. The third-order valence-corrected chi connectivity index (χ3v) is 6.82. The van der Waals surface area contributed by atoms with Gasteiger partial charge in [-0.05, 0) is 55.2 Å². The summed E-state index contributed by atoms with van der Waals surface area (Å²) in [5.41, 5.74) is 1.57. The Bertz CT molecular complexity index is 1060. The van der Waals surface area contributed by atoms with Crippen molar-refractivity contribution in [3.8, 4) is 11.5 Å². The van der Waals surface area contributed by atoms with Crippen LogP contribution in [0.5, 0.6) is 11.5 Å². The molecule has 1 saturated heterocycles. The molecule has 34 heavy (non-hydrogen) atoms. The van der Waals surface area contributed by atoms with Crippen LogP contribution in [0.3, 0.4) is 0 Å². The van der Waals surface area contributed by atoms with Crippen molar-refractivity contribution in [2.75, 3.05) is 26.3 Å². The Balaban J connectivity index is 1.16. The Labute approximate surface area is 211 Å². The van der Waals surface area contributed by atoms with Crippen LogP contribution in [0.25, 0.3) is 0 Å². The van der Waals surface area contributed by atoms with Gasteiger partial charge >= 0.3 is 0 Å². The van der Waals surface area contributed by atoms with Gasteiger partial charge in [-0.2, -0.15) is 5.10 Å². The maximum atomic E-state index is 10.9. The van der Waals surface area contributed by atoms with Crippen molar-refractivity contribution >= 4 is 23.2 Å². The van der Waals surface area contributed by atoms with Crippen molar-refractivity contribution in [2.45, 2.75) is 44.9 Å². The Hall–Kier alpha value is -2.25. The molecule has 2 heterocycles. The number of ether oxygens (including phenoxy) is 2. The number of rotatable bonds is 10. The van der Waals surface area contributed by atoms with E-state index in [9.17, 15) is 5.11 Å². The minimum absolute atomic E-state index is 0.241. The summed E-state index contributed by atoms with van der Waals surface area (Å²) in [6, 6.07) is 13.4. The van der Waals surface area contributed by atoms with Gasteiger partial charge in [-0.1, -0.05) is 35.3 Å². The highest BCUT2D eigenvalue weighted by molar-refractivity contribution is 6.42. The first-order chi connectivity index (χ1) is 16.4. The smallest absolute Gasteiger partial charge is 0.121 e. The summed E-state index contributed by atoms with van der Waals surface area (Å²) in [6.45, 7) is 6.27. The first-order valence-corrected chi connectivity index (χ1v) is 12.4. The van der Waals surface area contributed by atoms with Crippen LogP contribution in [0.2, 0.25) is 10.0 Å². The Morgan fingerprint density at radius 3 is 2.41 bits per heavy atom. The molecule has 1 aromatic heterocycles. The van der Waals surface area contributed by atoms with Gasteiger partial charge in [0, 0.05) is 44.9 Å². The zero-order valence-electron chi connectivity index (χ0n) is 19.4. The van der Waals surface area contributed by atoms with Gasteiger partial charge < -0.3 is 14.6 Å². The highest BCUT2D eigenvalue weighted by atomic mass is 35.5. The fourth-order valence-corrected chi connectivity index (χ4v) is 4.30. The Morgan fingerprint density at radius 2 is 1.74 bits per heavy atom. The molecule has 6 nitrogen and oxygen atoms in total. The number of hydrogen-bond donors (Lipinski definition) is 1. The van der Waals surface area contributed by atoms with Crippen LogP contribution in [0.1, 0.15) is 30.4 Å². The molecule has 1 aliphatic heterocycles. The molecule has 0 radical (unpaired) electrons. The van der Waals surface area contributed by atoms with E-state index < -0.39 is 5.60 Å². The van der Waals surface area contributed by atoms with Gasteiger partial charge in [0.25, 0.3) is 0 Å². The van der Waals surface area contributed by atoms with Crippen LogP contribution in [-0.4, -0.2) is 51.7 Å². The van der Waals surface area contributed by atoms with E-state index in [0.717, 1.165) is 38.3 Å². The molecule has 1 N–H and O–H groups in total. The lowest BCUT2D eigenvalue weighted by Gasteiger charge is -2.38. The fraction of sp³-hybridized carbons (Fsp3) is 0.423. The zero-order valence-corrected chi connectivity index (χ0v) is 20.9. The summed E-state index contributed by atoms with van der Waals surface area (Å²) in [6.07, 6.45) is 6.14. The molecule has 0 bridgehead atoms.